The molecule has 1 aromatic carbocycles. The summed E-state index contributed by atoms with van der Waals surface area (Å²) in [4.78, 5) is 8.89. The molecule has 1 atom stereocenters. The van der Waals surface area contributed by atoms with Crippen LogP contribution < -0.4 is 5.32 Å². The predicted molar refractivity (Wildman–Crippen MR) is 70.2 cm³/mol. The van der Waals surface area contributed by atoms with Crippen LogP contribution in [-0.2, 0) is 0 Å². The maximum Gasteiger partial charge on any atom is 0.145 e. The average molecular weight is 239 g/mol. The zero-order valence-corrected chi connectivity index (χ0v) is 9.96. The largest absolute Gasteiger partial charge is 0.362 e. The molecule has 0 saturated heterocycles. The van der Waals surface area contributed by atoms with Gasteiger partial charge in [0.1, 0.15) is 5.82 Å². The van der Waals surface area contributed by atoms with Crippen LogP contribution in [-0.4, -0.2) is 20.2 Å². The molecule has 5 heteroatoms. The van der Waals surface area contributed by atoms with E-state index in [2.05, 4.69) is 32.4 Å². The molecule has 1 unspecified atom stereocenters. The Morgan fingerprint density at radius 2 is 2.00 bits per heavy atom. The van der Waals surface area contributed by atoms with Gasteiger partial charge < -0.3 is 5.32 Å². The number of hydrogen-bond donors (Lipinski definition) is 2. The summed E-state index contributed by atoms with van der Waals surface area (Å²) in [6.07, 6.45) is 5.41. The van der Waals surface area contributed by atoms with Crippen molar-refractivity contribution in [2.24, 2.45) is 0 Å². The topological polar surface area (TPSA) is 66.5 Å². The van der Waals surface area contributed by atoms with Gasteiger partial charge in [-0.1, -0.05) is 12.1 Å². The van der Waals surface area contributed by atoms with Gasteiger partial charge in [0.05, 0.1) is 29.5 Å². The smallest absolute Gasteiger partial charge is 0.145 e. The van der Waals surface area contributed by atoms with E-state index in [4.69, 9.17) is 0 Å². The van der Waals surface area contributed by atoms with Crippen LogP contribution in [0.25, 0.3) is 11.0 Å². The standard InChI is InChI=1S/C13H13N5/c1-9(10-6-15-16-7-10)17-13-8-14-11-4-2-3-5-12(11)18-13/h2-9H,1H3,(H,15,16)(H,17,18). The highest BCUT2D eigenvalue weighted by Gasteiger charge is 2.07. The van der Waals surface area contributed by atoms with Gasteiger partial charge in [-0.3, -0.25) is 10.1 Å². The SMILES string of the molecule is CC(Nc1cnc2ccccc2n1)c1cn[nH]c1. The number of hydrogen-bond acceptors (Lipinski definition) is 4. The minimum Gasteiger partial charge on any atom is -0.362 e. The zero-order valence-electron chi connectivity index (χ0n) is 9.96. The van der Waals surface area contributed by atoms with E-state index in [0.29, 0.717) is 0 Å². The molecule has 90 valence electrons. The first-order chi connectivity index (χ1) is 8.83. The molecule has 0 aliphatic carbocycles. The van der Waals surface area contributed by atoms with E-state index in [1.807, 2.05) is 30.5 Å². The summed E-state index contributed by atoms with van der Waals surface area (Å²) < 4.78 is 0. The van der Waals surface area contributed by atoms with Gasteiger partial charge in [0.15, 0.2) is 0 Å². The number of H-pyrrole nitrogens is 1. The fourth-order valence-electron chi connectivity index (χ4n) is 1.83. The van der Waals surface area contributed by atoms with Gasteiger partial charge in [-0.25, -0.2) is 4.98 Å². The highest BCUT2D eigenvalue weighted by Crippen LogP contribution is 2.17. The summed E-state index contributed by atoms with van der Waals surface area (Å²) in [5.74, 6) is 0.766. The quantitative estimate of drug-likeness (QED) is 0.737. The van der Waals surface area contributed by atoms with E-state index in [1.54, 1.807) is 12.4 Å². The molecule has 0 fully saturated rings. The summed E-state index contributed by atoms with van der Waals surface area (Å²) in [6, 6.07) is 7.96. The van der Waals surface area contributed by atoms with Crippen LogP contribution in [0.15, 0.2) is 42.9 Å². The number of nitrogens with one attached hydrogen (secondary N) is 2. The Labute approximate surface area is 104 Å². The Morgan fingerprint density at radius 3 is 2.78 bits per heavy atom. The molecule has 0 aliphatic rings. The summed E-state index contributed by atoms with van der Waals surface area (Å²) in [5.41, 5.74) is 2.88. The van der Waals surface area contributed by atoms with Crippen molar-refractivity contribution in [2.45, 2.75) is 13.0 Å². The van der Waals surface area contributed by atoms with E-state index in [9.17, 15) is 0 Å². The number of aromatic amines is 1. The first-order valence-corrected chi connectivity index (χ1v) is 5.80. The number of anilines is 1. The molecule has 2 heterocycles. The normalized spacial score (nSPS) is 12.5. The average Bonchev–Trinajstić information content (AvgIpc) is 2.92. The number of rotatable bonds is 3. The van der Waals surface area contributed by atoms with Crippen molar-refractivity contribution >= 4 is 16.9 Å². The van der Waals surface area contributed by atoms with Crippen LogP contribution in [0.4, 0.5) is 5.82 Å². The summed E-state index contributed by atoms with van der Waals surface area (Å²) in [7, 11) is 0. The fraction of sp³-hybridized carbons (Fsp3) is 0.154. The summed E-state index contributed by atoms with van der Waals surface area (Å²) in [6.45, 7) is 2.06. The maximum absolute atomic E-state index is 4.52. The second-order valence-electron chi connectivity index (χ2n) is 4.14. The minimum absolute atomic E-state index is 0.138. The molecule has 0 aliphatic heterocycles. The second kappa shape index (κ2) is 4.44. The van der Waals surface area contributed by atoms with Crippen LogP contribution in [0, 0.1) is 0 Å². The van der Waals surface area contributed by atoms with Crippen LogP contribution >= 0.6 is 0 Å². The Hall–Kier alpha value is -2.43. The van der Waals surface area contributed by atoms with Gasteiger partial charge in [0.25, 0.3) is 0 Å². The van der Waals surface area contributed by atoms with Crippen molar-refractivity contribution in [1.82, 2.24) is 20.2 Å². The Bertz CT molecular complexity index is 647. The van der Waals surface area contributed by atoms with Crippen molar-refractivity contribution in [3.8, 4) is 0 Å². The Morgan fingerprint density at radius 1 is 1.17 bits per heavy atom. The number of fused-ring (bicyclic) bond motifs is 1. The van der Waals surface area contributed by atoms with Gasteiger partial charge in [-0.15, -0.1) is 0 Å². The van der Waals surface area contributed by atoms with Crippen molar-refractivity contribution in [1.29, 1.82) is 0 Å². The molecule has 0 amide bonds. The van der Waals surface area contributed by atoms with Gasteiger partial charge in [-0.2, -0.15) is 5.10 Å². The van der Waals surface area contributed by atoms with Crippen LogP contribution in [0.5, 0.6) is 0 Å². The number of benzene rings is 1. The van der Waals surface area contributed by atoms with Crippen molar-refractivity contribution < 1.29 is 0 Å². The summed E-state index contributed by atoms with van der Waals surface area (Å²) >= 11 is 0. The molecule has 0 saturated carbocycles. The first-order valence-electron chi connectivity index (χ1n) is 5.80. The van der Waals surface area contributed by atoms with E-state index < -0.39 is 0 Å². The lowest BCUT2D eigenvalue weighted by Crippen LogP contribution is -2.07. The lowest BCUT2D eigenvalue weighted by molar-refractivity contribution is 0.875. The Balaban J connectivity index is 1.86. The van der Waals surface area contributed by atoms with Crippen LogP contribution in [0.2, 0.25) is 0 Å². The molecular formula is C13H13N5. The number of para-hydroxylation sites is 2. The molecule has 3 rings (SSSR count). The van der Waals surface area contributed by atoms with E-state index in [1.165, 1.54) is 0 Å². The first kappa shape index (κ1) is 10.7. The van der Waals surface area contributed by atoms with E-state index >= 15 is 0 Å². The predicted octanol–water partition coefficient (Wildman–Crippen LogP) is 2.53. The van der Waals surface area contributed by atoms with Gasteiger partial charge in [-0.05, 0) is 19.1 Å². The third-order valence-corrected chi connectivity index (χ3v) is 2.83. The lowest BCUT2D eigenvalue weighted by Gasteiger charge is -2.12. The van der Waals surface area contributed by atoms with Gasteiger partial charge >= 0.3 is 0 Å². The van der Waals surface area contributed by atoms with Crippen LogP contribution in [0.3, 0.4) is 0 Å². The van der Waals surface area contributed by atoms with Crippen LogP contribution in [0.1, 0.15) is 18.5 Å². The molecule has 0 spiro atoms. The third kappa shape index (κ3) is 2.02. The van der Waals surface area contributed by atoms with Gasteiger partial charge in [0.2, 0.25) is 0 Å². The molecule has 0 bridgehead atoms. The lowest BCUT2D eigenvalue weighted by atomic mass is 10.2. The molecule has 18 heavy (non-hydrogen) atoms. The number of nitrogens with zero attached hydrogens (tertiary/aromatic N) is 3. The highest BCUT2D eigenvalue weighted by atomic mass is 15.1. The number of aromatic nitrogens is 4. The van der Waals surface area contributed by atoms with E-state index in [0.717, 1.165) is 22.4 Å². The minimum atomic E-state index is 0.138. The van der Waals surface area contributed by atoms with Crippen molar-refractivity contribution in [3.05, 3.63) is 48.4 Å². The monoisotopic (exact) mass is 239 g/mol. The van der Waals surface area contributed by atoms with Crippen molar-refractivity contribution in [3.63, 3.8) is 0 Å². The maximum atomic E-state index is 4.52. The van der Waals surface area contributed by atoms with Gasteiger partial charge in [0, 0.05) is 11.8 Å². The fourth-order valence-corrected chi connectivity index (χ4v) is 1.83. The molecule has 3 aromatic rings. The molecular weight excluding hydrogens is 226 g/mol. The molecule has 2 N–H and O–H groups in total. The highest BCUT2D eigenvalue weighted by molar-refractivity contribution is 5.75. The molecule has 0 radical (unpaired) electrons. The Kier molecular flexibility index (Phi) is 2.64. The zero-order chi connectivity index (χ0) is 12.4. The summed E-state index contributed by atoms with van der Waals surface area (Å²) in [5, 5.41) is 10.0. The molecule has 5 nitrogen and oxygen atoms in total. The molecule has 2 aromatic heterocycles. The van der Waals surface area contributed by atoms with E-state index in [-0.39, 0.29) is 6.04 Å². The third-order valence-electron chi connectivity index (χ3n) is 2.83. The van der Waals surface area contributed by atoms with Crippen molar-refractivity contribution in [2.75, 3.05) is 5.32 Å². The second-order valence-corrected chi connectivity index (χ2v) is 4.14.